The van der Waals surface area contributed by atoms with E-state index in [1.807, 2.05) is 6.07 Å². The van der Waals surface area contributed by atoms with Crippen molar-refractivity contribution in [2.24, 2.45) is 0 Å². The van der Waals surface area contributed by atoms with Crippen molar-refractivity contribution in [3.05, 3.63) is 34.8 Å². The predicted octanol–water partition coefficient (Wildman–Crippen LogP) is 3.68. The summed E-state index contributed by atoms with van der Waals surface area (Å²) < 4.78 is 17.3. The van der Waals surface area contributed by atoms with Gasteiger partial charge in [0.1, 0.15) is 6.61 Å². The topological polar surface area (TPSA) is 43.0 Å². The summed E-state index contributed by atoms with van der Waals surface area (Å²) in [5.74, 6) is 1.45. The van der Waals surface area contributed by atoms with E-state index in [0.29, 0.717) is 12.4 Å². The molecule has 1 heterocycles. The van der Waals surface area contributed by atoms with Crippen molar-refractivity contribution < 1.29 is 14.2 Å². The van der Waals surface area contributed by atoms with Gasteiger partial charge < -0.3 is 19.5 Å². The number of rotatable bonds is 10. The molecule has 0 atom stereocenters. The van der Waals surface area contributed by atoms with Crippen molar-refractivity contribution in [3.63, 3.8) is 0 Å². The van der Waals surface area contributed by atoms with Gasteiger partial charge in [0, 0.05) is 19.6 Å². The molecule has 150 valence electrons. The lowest BCUT2D eigenvalue weighted by atomic mass is 10.2. The SMILES string of the molecule is C=CCOc1c(Br)cc(CNCCCN2CCOCC2)cc1OC.Cl.Cl. The van der Waals surface area contributed by atoms with E-state index in [4.69, 9.17) is 14.2 Å². The largest absolute Gasteiger partial charge is 0.493 e. The lowest BCUT2D eigenvalue weighted by molar-refractivity contribution is 0.0374. The third-order valence-electron chi connectivity index (χ3n) is 3.90. The van der Waals surface area contributed by atoms with Crippen LogP contribution in [0.4, 0.5) is 0 Å². The van der Waals surface area contributed by atoms with Crippen LogP contribution in [0.1, 0.15) is 12.0 Å². The Balaban J connectivity index is 0.00000312. The van der Waals surface area contributed by atoms with Crippen LogP contribution in [0.25, 0.3) is 0 Å². The van der Waals surface area contributed by atoms with Crippen molar-refractivity contribution >= 4 is 40.7 Å². The molecule has 0 unspecified atom stereocenters. The molecule has 0 amide bonds. The summed E-state index contributed by atoms with van der Waals surface area (Å²) in [6, 6.07) is 4.08. The molecule has 1 fully saturated rings. The van der Waals surface area contributed by atoms with E-state index in [0.717, 1.165) is 68.1 Å². The molecule has 8 heteroatoms. The van der Waals surface area contributed by atoms with Crippen LogP contribution in [0.15, 0.2) is 29.3 Å². The summed E-state index contributed by atoms with van der Waals surface area (Å²) in [5, 5.41) is 3.49. The smallest absolute Gasteiger partial charge is 0.175 e. The minimum Gasteiger partial charge on any atom is -0.493 e. The average Bonchev–Trinajstić information content (AvgIpc) is 2.61. The Labute approximate surface area is 177 Å². The number of morpholine rings is 1. The molecular weight excluding hydrogens is 443 g/mol. The zero-order chi connectivity index (χ0) is 17.2. The summed E-state index contributed by atoms with van der Waals surface area (Å²) in [5.41, 5.74) is 1.16. The first-order chi connectivity index (χ1) is 11.7. The number of benzene rings is 1. The van der Waals surface area contributed by atoms with Crippen molar-refractivity contribution in [1.29, 1.82) is 0 Å². The lowest BCUT2D eigenvalue weighted by Crippen LogP contribution is -2.37. The highest BCUT2D eigenvalue weighted by Gasteiger charge is 2.12. The Kier molecular flexibility index (Phi) is 14.3. The molecule has 26 heavy (non-hydrogen) atoms. The molecule has 1 aromatic carbocycles. The van der Waals surface area contributed by atoms with E-state index >= 15 is 0 Å². The third-order valence-corrected chi connectivity index (χ3v) is 4.48. The molecule has 0 aromatic heterocycles. The molecule has 0 bridgehead atoms. The number of halogens is 3. The van der Waals surface area contributed by atoms with Crippen LogP contribution in [0.2, 0.25) is 0 Å². The number of hydrogen-bond acceptors (Lipinski definition) is 5. The van der Waals surface area contributed by atoms with Crippen LogP contribution in [-0.4, -0.2) is 58.0 Å². The maximum Gasteiger partial charge on any atom is 0.175 e. The zero-order valence-electron chi connectivity index (χ0n) is 15.2. The number of ether oxygens (including phenoxy) is 3. The highest BCUT2D eigenvalue weighted by atomic mass is 79.9. The molecule has 1 saturated heterocycles. The Hall–Kier alpha value is -0.500. The van der Waals surface area contributed by atoms with E-state index in [1.165, 1.54) is 0 Å². The van der Waals surface area contributed by atoms with Gasteiger partial charge >= 0.3 is 0 Å². The molecule has 0 aliphatic carbocycles. The van der Waals surface area contributed by atoms with E-state index < -0.39 is 0 Å². The fraction of sp³-hybridized carbons (Fsp3) is 0.556. The van der Waals surface area contributed by atoms with Gasteiger partial charge in [0.05, 0.1) is 24.8 Å². The van der Waals surface area contributed by atoms with Gasteiger partial charge in [-0.15, -0.1) is 24.8 Å². The van der Waals surface area contributed by atoms with Crippen LogP contribution in [0.3, 0.4) is 0 Å². The van der Waals surface area contributed by atoms with E-state index in [2.05, 4.69) is 38.8 Å². The maximum atomic E-state index is 5.65. The van der Waals surface area contributed by atoms with Crippen molar-refractivity contribution in [1.82, 2.24) is 10.2 Å². The molecule has 1 aliphatic heterocycles. The highest BCUT2D eigenvalue weighted by Crippen LogP contribution is 2.36. The second kappa shape index (κ2) is 14.5. The van der Waals surface area contributed by atoms with Gasteiger partial charge in [-0.05, 0) is 53.1 Å². The Morgan fingerprint density at radius 2 is 2.04 bits per heavy atom. The fourth-order valence-electron chi connectivity index (χ4n) is 2.64. The second-order valence-corrected chi connectivity index (χ2v) is 6.55. The Bertz CT molecular complexity index is 529. The zero-order valence-corrected chi connectivity index (χ0v) is 18.4. The quantitative estimate of drug-likeness (QED) is 0.416. The fourth-order valence-corrected chi connectivity index (χ4v) is 3.25. The lowest BCUT2D eigenvalue weighted by Gasteiger charge is -2.26. The minimum atomic E-state index is 0. The van der Waals surface area contributed by atoms with Gasteiger partial charge in [-0.25, -0.2) is 0 Å². The molecule has 1 aromatic rings. The molecule has 1 aliphatic rings. The standard InChI is InChI=1S/C18H27BrN2O3.2ClH/c1-3-9-24-18-16(19)12-15(13-17(18)22-2)14-20-5-4-6-21-7-10-23-11-8-21;;/h3,12-13,20H,1,4-11,14H2,2H3;2*1H. The summed E-state index contributed by atoms with van der Waals surface area (Å²) in [4.78, 5) is 2.45. The maximum absolute atomic E-state index is 5.65. The van der Waals surface area contributed by atoms with Gasteiger partial charge in [0.15, 0.2) is 11.5 Å². The van der Waals surface area contributed by atoms with E-state index in [-0.39, 0.29) is 24.8 Å². The number of hydrogen-bond donors (Lipinski definition) is 1. The molecule has 0 spiro atoms. The van der Waals surface area contributed by atoms with Crippen LogP contribution in [0, 0.1) is 0 Å². The Morgan fingerprint density at radius 1 is 1.31 bits per heavy atom. The first-order valence-corrected chi connectivity index (χ1v) is 9.15. The molecule has 1 N–H and O–H groups in total. The van der Waals surface area contributed by atoms with Gasteiger partial charge in [-0.1, -0.05) is 12.7 Å². The van der Waals surface area contributed by atoms with Gasteiger partial charge in [-0.2, -0.15) is 0 Å². The van der Waals surface area contributed by atoms with Crippen molar-refractivity contribution in [3.8, 4) is 11.5 Å². The van der Waals surface area contributed by atoms with Crippen LogP contribution in [0.5, 0.6) is 11.5 Å². The monoisotopic (exact) mass is 470 g/mol. The van der Waals surface area contributed by atoms with E-state index in [1.54, 1.807) is 13.2 Å². The molecule has 0 radical (unpaired) electrons. The van der Waals surface area contributed by atoms with Crippen LogP contribution in [-0.2, 0) is 11.3 Å². The summed E-state index contributed by atoms with van der Waals surface area (Å²) in [7, 11) is 1.65. The molecular formula is C18H29BrCl2N2O3. The molecule has 2 rings (SSSR count). The highest BCUT2D eigenvalue weighted by molar-refractivity contribution is 9.10. The Morgan fingerprint density at radius 3 is 2.69 bits per heavy atom. The average molecular weight is 472 g/mol. The van der Waals surface area contributed by atoms with Crippen molar-refractivity contribution in [2.45, 2.75) is 13.0 Å². The summed E-state index contributed by atoms with van der Waals surface area (Å²) >= 11 is 3.56. The molecule has 0 saturated carbocycles. The predicted molar refractivity (Wildman–Crippen MR) is 114 cm³/mol. The summed E-state index contributed by atoms with van der Waals surface area (Å²) in [6.45, 7) is 10.9. The third kappa shape index (κ3) is 8.46. The van der Waals surface area contributed by atoms with Gasteiger partial charge in [0.25, 0.3) is 0 Å². The van der Waals surface area contributed by atoms with E-state index in [9.17, 15) is 0 Å². The normalized spacial score (nSPS) is 14.1. The van der Waals surface area contributed by atoms with Crippen LogP contribution >= 0.6 is 40.7 Å². The number of methoxy groups -OCH3 is 1. The number of nitrogens with zero attached hydrogens (tertiary/aromatic N) is 1. The van der Waals surface area contributed by atoms with Crippen molar-refractivity contribution in [2.75, 3.05) is 53.1 Å². The van der Waals surface area contributed by atoms with Gasteiger partial charge in [0.2, 0.25) is 0 Å². The second-order valence-electron chi connectivity index (χ2n) is 5.69. The summed E-state index contributed by atoms with van der Waals surface area (Å²) in [6.07, 6.45) is 2.86. The minimum absolute atomic E-state index is 0. The first kappa shape index (κ1) is 25.5. The van der Waals surface area contributed by atoms with Crippen LogP contribution < -0.4 is 14.8 Å². The molecule has 5 nitrogen and oxygen atoms in total. The van der Waals surface area contributed by atoms with Gasteiger partial charge in [-0.3, -0.25) is 4.90 Å². The number of nitrogens with one attached hydrogen (secondary N) is 1. The first-order valence-electron chi connectivity index (χ1n) is 8.35.